The Morgan fingerprint density at radius 3 is 2.46 bits per heavy atom. The summed E-state index contributed by atoms with van der Waals surface area (Å²) in [6.45, 7) is 3.95. The van der Waals surface area contributed by atoms with E-state index in [0.717, 1.165) is 12.0 Å². The van der Waals surface area contributed by atoms with Gasteiger partial charge in [-0.25, -0.2) is 4.39 Å². The monoisotopic (exact) mass is 362 g/mol. The number of benzene rings is 2. The van der Waals surface area contributed by atoms with Crippen molar-refractivity contribution in [3.63, 3.8) is 0 Å². The molecule has 1 aliphatic carbocycles. The predicted octanol–water partition coefficient (Wildman–Crippen LogP) is 6.90. The number of rotatable bonds is 5. The highest BCUT2D eigenvalue weighted by Gasteiger charge is 2.44. The molecule has 140 valence electrons. The minimum Gasteiger partial charge on any atom is -0.429 e. The zero-order chi connectivity index (χ0) is 18.7. The van der Waals surface area contributed by atoms with Gasteiger partial charge in [0.25, 0.3) is 0 Å². The fourth-order valence-corrected chi connectivity index (χ4v) is 3.75. The third-order valence-electron chi connectivity index (χ3n) is 5.32. The summed E-state index contributed by atoms with van der Waals surface area (Å²) in [5.41, 5.74) is 1.08. The third-order valence-corrected chi connectivity index (χ3v) is 5.32. The van der Waals surface area contributed by atoms with Crippen molar-refractivity contribution in [1.29, 1.82) is 0 Å². The maximum atomic E-state index is 14.6. The summed E-state index contributed by atoms with van der Waals surface area (Å²) in [5.74, 6) is -1.63. The fraction of sp³-hybridized carbons (Fsp3) is 0.455. The molecule has 26 heavy (non-hydrogen) atoms. The number of aryl methyl sites for hydroxylation is 1. The van der Waals surface area contributed by atoms with Crippen molar-refractivity contribution in [3.8, 4) is 5.75 Å². The predicted molar refractivity (Wildman–Crippen MR) is 99.1 cm³/mol. The normalized spacial score (nSPS) is 21.4. The van der Waals surface area contributed by atoms with Gasteiger partial charge < -0.3 is 4.74 Å². The first-order chi connectivity index (χ1) is 12.4. The van der Waals surface area contributed by atoms with E-state index in [0.29, 0.717) is 42.4 Å². The second kappa shape index (κ2) is 7.73. The van der Waals surface area contributed by atoms with Gasteiger partial charge in [-0.2, -0.15) is 8.78 Å². The van der Waals surface area contributed by atoms with Crippen LogP contribution in [0.5, 0.6) is 5.75 Å². The Hall–Kier alpha value is -1.97. The number of fused-ring (bicyclic) bond motifs is 1. The molecule has 1 aliphatic rings. The lowest BCUT2D eigenvalue weighted by atomic mass is 9.81. The average molecular weight is 362 g/mol. The van der Waals surface area contributed by atoms with Gasteiger partial charge in [0.2, 0.25) is 0 Å². The van der Waals surface area contributed by atoms with E-state index in [1.54, 1.807) is 0 Å². The maximum Gasteiger partial charge on any atom is 0.400 e. The van der Waals surface area contributed by atoms with Crippen molar-refractivity contribution in [2.45, 2.75) is 52.1 Å². The summed E-state index contributed by atoms with van der Waals surface area (Å²) in [5, 5.41) is 1.40. The van der Waals surface area contributed by atoms with Crippen molar-refractivity contribution < 1.29 is 17.9 Å². The molecule has 0 aliphatic heterocycles. The Morgan fingerprint density at radius 1 is 1.08 bits per heavy atom. The van der Waals surface area contributed by atoms with Gasteiger partial charge >= 0.3 is 6.11 Å². The summed E-state index contributed by atoms with van der Waals surface area (Å²) in [4.78, 5) is 0. The Labute approximate surface area is 152 Å². The van der Waals surface area contributed by atoms with E-state index in [-0.39, 0.29) is 5.75 Å². The minimum absolute atomic E-state index is 0.359. The van der Waals surface area contributed by atoms with Crippen LogP contribution in [0.2, 0.25) is 0 Å². The van der Waals surface area contributed by atoms with Crippen LogP contribution in [0.3, 0.4) is 0 Å². The van der Waals surface area contributed by atoms with Gasteiger partial charge in [-0.3, -0.25) is 0 Å². The first kappa shape index (κ1) is 18.8. The topological polar surface area (TPSA) is 9.23 Å². The molecular weight excluding hydrogens is 337 g/mol. The zero-order valence-electron chi connectivity index (χ0n) is 15.3. The van der Waals surface area contributed by atoms with Crippen LogP contribution in [0.1, 0.15) is 45.1 Å². The molecule has 0 amide bonds. The van der Waals surface area contributed by atoms with Gasteiger partial charge in [0.15, 0.2) is 11.6 Å². The number of alkyl halides is 2. The van der Waals surface area contributed by atoms with Gasteiger partial charge in [0, 0.05) is 0 Å². The van der Waals surface area contributed by atoms with Gasteiger partial charge in [-0.1, -0.05) is 37.3 Å². The summed E-state index contributed by atoms with van der Waals surface area (Å²) in [6, 6.07) is 8.28. The van der Waals surface area contributed by atoms with Crippen molar-refractivity contribution in [1.82, 2.24) is 0 Å². The summed E-state index contributed by atoms with van der Waals surface area (Å²) in [6.07, 6.45) is 3.72. The van der Waals surface area contributed by atoms with Crippen molar-refractivity contribution in [2.75, 3.05) is 0 Å². The Morgan fingerprint density at radius 2 is 1.81 bits per heavy atom. The van der Waals surface area contributed by atoms with Gasteiger partial charge in [-0.05, 0) is 73.4 Å². The number of hydrogen-bond donors (Lipinski definition) is 0. The first-order valence-electron chi connectivity index (χ1n) is 9.34. The van der Waals surface area contributed by atoms with E-state index in [1.165, 1.54) is 12.1 Å². The van der Waals surface area contributed by atoms with E-state index in [1.807, 2.05) is 38.1 Å². The molecule has 2 aromatic rings. The molecule has 0 bridgehead atoms. The molecule has 0 heterocycles. The Bertz CT molecular complexity index is 789. The molecule has 0 N–H and O–H groups in total. The number of ether oxygens (including phenoxy) is 1. The summed E-state index contributed by atoms with van der Waals surface area (Å²) >= 11 is 0. The van der Waals surface area contributed by atoms with E-state index >= 15 is 0 Å². The second-order valence-electron chi connectivity index (χ2n) is 7.12. The number of allylic oxidation sites excluding steroid dienone is 2. The number of halogens is 3. The van der Waals surface area contributed by atoms with Gasteiger partial charge in [0.1, 0.15) is 0 Å². The molecule has 0 atom stereocenters. The SMILES string of the molecule is C/C=C/C1CCC(C(F)(F)Oc2cc3ccc(CC)cc3cc2F)CC1. The molecule has 0 aromatic heterocycles. The van der Waals surface area contributed by atoms with E-state index in [9.17, 15) is 13.2 Å². The molecule has 0 unspecified atom stereocenters. The van der Waals surface area contributed by atoms with Crippen LogP contribution < -0.4 is 4.74 Å². The average Bonchev–Trinajstić information content (AvgIpc) is 2.62. The van der Waals surface area contributed by atoms with E-state index in [2.05, 4.69) is 6.08 Å². The Kier molecular flexibility index (Phi) is 5.59. The lowest BCUT2D eigenvalue weighted by Crippen LogP contribution is -2.37. The molecule has 3 rings (SSSR count). The summed E-state index contributed by atoms with van der Waals surface area (Å²) < 4.78 is 48.5. The minimum atomic E-state index is -3.36. The quantitative estimate of drug-likeness (QED) is 0.526. The smallest absolute Gasteiger partial charge is 0.400 e. The molecule has 0 radical (unpaired) electrons. The molecule has 1 nitrogen and oxygen atoms in total. The molecule has 4 heteroatoms. The molecule has 2 aromatic carbocycles. The number of hydrogen-bond acceptors (Lipinski definition) is 1. The lowest BCUT2D eigenvalue weighted by molar-refractivity contribution is -0.224. The van der Waals surface area contributed by atoms with E-state index < -0.39 is 17.8 Å². The molecule has 0 saturated heterocycles. The molecule has 1 saturated carbocycles. The maximum absolute atomic E-state index is 14.6. The van der Waals surface area contributed by atoms with Crippen LogP contribution in [0.4, 0.5) is 13.2 Å². The largest absolute Gasteiger partial charge is 0.429 e. The van der Waals surface area contributed by atoms with Gasteiger partial charge in [0.05, 0.1) is 5.92 Å². The Balaban J connectivity index is 1.77. The van der Waals surface area contributed by atoms with Crippen LogP contribution in [0.15, 0.2) is 42.5 Å². The van der Waals surface area contributed by atoms with Crippen LogP contribution >= 0.6 is 0 Å². The highest BCUT2D eigenvalue weighted by atomic mass is 19.3. The van der Waals surface area contributed by atoms with Crippen LogP contribution in [-0.2, 0) is 6.42 Å². The van der Waals surface area contributed by atoms with Crippen LogP contribution in [0.25, 0.3) is 10.8 Å². The van der Waals surface area contributed by atoms with Crippen LogP contribution in [-0.4, -0.2) is 6.11 Å². The van der Waals surface area contributed by atoms with Gasteiger partial charge in [-0.15, -0.1) is 0 Å². The highest BCUT2D eigenvalue weighted by molar-refractivity contribution is 5.84. The van der Waals surface area contributed by atoms with Crippen molar-refractivity contribution in [2.24, 2.45) is 11.8 Å². The molecule has 0 spiro atoms. The molecular formula is C22H25F3O. The first-order valence-corrected chi connectivity index (χ1v) is 9.34. The summed E-state index contributed by atoms with van der Waals surface area (Å²) in [7, 11) is 0. The standard InChI is InChI=1S/C22H25F3O/c1-3-5-16-7-10-19(11-8-16)22(24,25)26-21-14-17-9-6-15(4-2)12-18(17)13-20(21)23/h3,5-6,9,12-14,16,19H,4,7-8,10-11H2,1-2H3/b5-3+. The third kappa shape index (κ3) is 4.05. The fourth-order valence-electron chi connectivity index (χ4n) is 3.75. The molecule has 1 fully saturated rings. The van der Waals surface area contributed by atoms with Crippen molar-refractivity contribution >= 4 is 10.8 Å². The highest BCUT2D eigenvalue weighted by Crippen LogP contribution is 2.41. The second-order valence-corrected chi connectivity index (χ2v) is 7.12. The van der Waals surface area contributed by atoms with E-state index in [4.69, 9.17) is 4.74 Å². The van der Waals surface area contributed by atoms with Crippen molar-refractivity contribution in [3.05, 3.63) is 53.9 Å². The zero-order valence-corrected chi connectivity index (χ0v) is 15.3. The van der Waals surface area contributed by atoms with Crippen LogP contribution in [0, 0.1) is 17.7 Å². The lowest BCUT2D eigenvalue weighted by Gasteiger charge is -2.32.